The zero-order valence-electron chi connectivity index (χ0n) is 11.1. The lowest BCUT2D eigenvalue weighted by atomic mass is 10.1. The molecule has 0 bridgehead atoms. The Morgan fingerprint density at radius 1 is 1.47 bits per heavy atom. The van der Waals surface area contributed by atoms with Crippen LogP contribution in [0.1, 0.15) is 18.9 Å². The average molecular weight is 301 g/mol. The maximum Gasteiger partial charge on any atom is 0.271 e. The molecule has 1 fully saturated rings. The Labute approximate surface area is 122 Å². The second-order valence-corrected chi connectivity index (χ2v) is 6.76. The van der Waals surface area contributed by atoms with Crippen molar-refractivity contribution in [3.63, 3.8) is 0 Å². The van der Waals surface area contributed by atoms with E-state index in [1.807, 2.05) is 18.7 Å². The van der Waals surface area contributed by atoms with Crippen molar-refractivity contribution in [1.82, 2.24) is 0 Å². The lowest BCUT2D eigenvalue weighted by Crippen LogP contribution is -2.26. The maximum absolute atomic E-state index is 10.8. The third-order valence-electron chi connectivity index (χ3n) is 3.33. The van der Waals surface area contributed by atoms with Crippen molar-refractivity contribution >= 4 is 34.7 Å². The number of benzene rings is 1. The molecule has 0 aromatic heterocycles. The monoisotopic (exact) mass is 300 g/mol. The van der Waals surface area contributed by atoms with Crippen LogP contribution in [0.4, 0.5) is 11.4 Å². The predicted octanol–water partition coefficient (Wildman–Crippen LogP) is 3.89. The number of nitro groups is 1. The third-order valence-corrected chi connectivity index (χ3v) is 4.85. The summed E-state index contributed by atoms with van der Waals surface area (Å²) in [4.78, 5) is 12.7. The number of non-ortho nitro benzene ring substituents is 1. The molecule has 0 saturated carbocycles. The molecule has 1 aliphatic heterocycles. The normalized spacial score (nSPS) is 20.2. The molecule has 0 N–H and O–H groups in total. The molecular formula is C13H17ClN2O2S. The van der Waals surface area contributed by atoms with Gasteiger partial charge in [0.25, 0.3) is 5.69 Å². The molecule has 1 aromatic carbocycles. The largest absolute Gasteiger partial charge is 0.369 e. The summed E-state index contributed by atoms with van der Waals surface area (Å²) in [6.07, 6.45) is 1.11. The fourth-order valence-corrected chi connectivity index (χ4v) is 3.73. The molecule has 104 valence electrons. The minimum Gasteiger partial charge on any atom is -0.369 e. The highest BCUT2D eigenvalue weighted by Crippen LogP contribution is 2.35. The molecule has 2 rings (SSSR count). The number of nitro benzene ring substituents is 1. The summed E-state index contributed by atoms with van der Waals surface area (Å²) in [5.74, 6) is 1.06. The Balaban J connectivity index is 2.31. The highest BCUT2D eigenvalue weighted by Gasteiger charge is 2.20. The Kier molecular flexibility index (Phi) is 4.58. The quantitative estimate of drug-likeness (QED) is 0.614. The summed E-state index contributed by atoms with van der Waals surface area (Å²) >= 11 is 8.21. The van der Waals surface area contributed by atoms with Gasteiger partial charge in [-0.2, -0.15) is 11.8 Å². The van der Waals surface area contributed by atoms with Gasteiger partial charge in [0.05, 0.1) is 15.6 Å². The molecule has 0 aliphatic carbocycles. The first kappa shape index (κ1) is 14.5. The lowest BCUT2D eigenvalue weighted by molar-refractivity contribution is -0.384. The molecule has 6 heteroatoms. The third kappa shape index (κ3) is 3.34. The molecule has 1 saturated heterocycles. The van der Waals surface area contributed by atoms with Crippen LogP contribution in [0.5, 0.6) is 0 Å². The van der Waals surface area contributed by atoms with Crippen LogP contribution in [0, 0.1) is 17.0 Å². The number of aryl methyl sites for hydroxylation is 1. The highest BCUT2D eigenvalue weighted by atomic mass is 35.5. The van der Waals surface area contributed by atoms with Gasteiger partial charge in [-0.15, -0.1) is 0 Å². The maximum atomic E-state index is 10.8. The van der Waals surface area contributed by atoms with E-state index in [2.05, 4.69) is 11.8 Å². The molecule has 0 spiro atoms. The van der Waals surface area contributed by atoms with Crippen molar-refractivity contribution in [2.75, 3.05) is 23.7 Å². The molecule has 0 radical (unpaired) electrons. The van der Waals surface area contributed by atoms with Gasteiger partial charge in [-0.3, -0.25) is 10.1 Å². The first-order valence-electron chi connectivity index (χ1n) is 6.30. The number of thioether (sulfide) groups is 1. The Morgan fingerprint density at radius 2 is 2.21 bits per heavy atom. The summed E-state index contributed by atoms with van der Waals surface area (Å²) in [6, 6.07) is 3.05. The van der Waals surface area contributed by atoms with E-state index in [1.165, 1.54) is 6.07 Å². The van der Waals surface area contributed by atoms with Crippen LogP contribution in [0.2, 0.25) is 5.02 Å². The average Bonchev–Trinajstić information content (AvgIpc) is 2.53. The number of halogens is 1. The first-order valence-corrected chi connectivity index (χ1v) is 7.73. The Hall–Kier alpha value is -0.940. The zero-order chi connectivity index (χ0) is 14.0. The summed E-state index contributed by atoms with van der Waals surface area (Å²) in [7, 11) is 0. The Morgan fingerprint density at radius 3 is 2.84 bits per heavy atom. The Bertz CT molecular complexity index is 473. The van der Waals surface area contributed by atoms with E-state index in [-0.39, 0.29) is 5.69 Å². The number of hydrogen-bond donors (Lipinski definition) is 0. The van der Waals surface area contributed by atoms with Gasteiger partial charge in [-0.05, 0) is 18.9 Å². The fourth-order valence-electron chi connectivity index (χ4n) is 2.34. The molecule has 1 heterocycles. The SMILES string of the molecule is Cc1cc([N+](=O)[O-])cc(Cl)c1N1CCSC(C)CC1. The summed E-state index contributed by atoms with van der Waals surface area (Å²) in [5.41, 5.74) is 1.88. The summed E-state index contributed by atoms with van der Waals surface area (Å²) < 4.78 is 0. The second-order valence-electron chi connectivity index (χ2n) is 4.81. The van der Waals surface area contributed by atoms with Gasteiger partial charge in [0.2, 0.25) is 0 Å². The molecule has 1 atom stereocenters. The topological polar surface area (TPSA) is 46.4 Å². The van der Waals surface area contributed by atoms with Crippen LogP contribution >= 0.6 is 23.4 Å². The molecule has 1 aromatic rings. The van der Waals surface area contributed by atoms with E-state index in [0.717, 1.165) is 36.5 Å². The number of rotatable bonds is 2. The molecular weight excluding hydrogens is 284 g/mol. The molecule has 4 nitrogen and oxygen atoms in total. The summed E-state index contributed by atoms with van der Waals surface area (Å²) in [6.45, 7) is 6.01. The van der Waals surface area contributed by atoms with Gasteiger partial charge < -0.3 is 4.90 Å². The van der Waals surface area contributed by atoms with Crippen LogP contribution in [0.15, 0.2) is 12.1 Å². The van der Waals surface area contributed by atoms with Crippen LogP contribution < -0.4 is 4.90 Å². The van der Waals surface area contributed by atoms with E-state index in [0.29, 0.717) is 10.3 Å². The van der Waals surface area contributed by atoms with Gasteiger partial charge in [0, 0.05) is 36.2 Å². The standard InChI is InChI=1S/C13H17ClN2O2S/c1-9-7-11(16(17)18)8-12(14)13(9)15-4-3-10(2)19-6-5-15/h7-8,10H,3-6H2,1-2H3. The van der Waals surface area contributed by atoms with Gasteiger partial charge in [0.15, 0.2) is 0 Å². The van der Waals surface area contributed by atoms with Crippen molar-refractivity contribution in [1.29, 1.82) is 0 Å². The van der Waals surface area contributed by atoms with E-state index >= 15 is 0 Å². The van der Waals surface area contributed by atoms with E-state index in [4.69, 9.17) is 11.6 Å². The van der Waals surface area contributed by atoms with E-state index in [1.54, 1.807) is 6.07 Å². The lowest BCUT2D eigenvalue weighted by Gasteiger charge is -2.25. The van der Waals surface area contributed by atoms with E-state index < -0.39 is 4.92 Å². The fraction of sp³-hybridized carbons (Fsp3) is 0.538. The molecule has 1 aliphatic rings. The van der Waals surface area contributed by atoms with Crippen molar-refractivity contribution in [3.05, 3.63) is 32.8 Å². The number of anilines is 1. The van der Waals surface area contributed by atoms with Gasteiger partial charge in [-0.25, -0.2) is 0 Å². The molecule has 0 amide bonds. The minimum absolute atomic E-state index is 0.0591. The van der Waals surface area contributed by atoms with Crippen LogP contribution in [0.25, 0.3) is 0 Å². The zero-order valence-corrected chi connectivity index (χ0v) is 12.6. The van der Waals surface area contributed by atoms with Crippen molar-refractivity contribution in [2.45, 2.75) is 25.5 Å². The smallest absolute Gasteiger partial charge is 0.271 e. The van der Waals surface area contributed by atoms with Crippen molar-refractivity contribution < 1.29 is 4.92 Å². The minimum atomic E-state index is -0.400. The van der Waals surface area contributed by atoms with E-state index in [9.17, 15) is 10.1 Å². The first-order chi connectivity index (χ1) is 8.99. The van der Waals surface area contributed by atoms with Crippen LogP contribution in [0.3, 0.4) is 0 Å². The summed E-state index contributed by atoms with van der Waals surface area (Å²) in [5, 5.41) is 12.0. The van der Waals surface area contributed by atoms with Gasteiger partial charge in [0.1, 0.15) is 0 Å². The van der Waals surface area contributed by atoms with Crippen molar-refractivity contribution in [3.8, 4) is 0 Å². The van der Waals surface area contributed by atoms with Crippen LogP contribution in [-0.2, 0) is 0 Å². The van der Waals surface area contributed by atoms with Crippen molar-refractivity contribution in [2.24, 2.45) is 0 Å². The number of hydrogen-bond acceptors (Lipinski definition) is 4. The van der Waals surface area contributed by atoms with Gasteiger partial charge >= 0.3 is 0 Å². The molecule has 1 unspecified atom stereocenters. The second kappa shape index (κ2) is 6.01. The number of nitrogens with zero attached hydrogens (tertiary/aromatic N) is 2. The predicted molar refractivity (Wildman–Crippen MR) is 81.6 cm³/mol. The van der Waals surface area contributed by atoms with Crippen LogP contribution in [-0.4, -0.2) is 29.0 Å². The molecule has 19 heavy (non-hydrogen) atoms. The highest BCUT2D eigenvalue weighted by molar-refractivity contribution is 7.99. The van der Waals surface area contributed by atoms with Gasteiger partial charge in [-0.1, -0.05) is 18.5 Å².